The van der Waals surface area contributed by atoms with Crippen LogP contribution in [-0.2, 0) is 0 Å². The minimum absolute atomic E-state index is 0.231. The van der Waals surface area contributed by atoms with Gasteiger partial charge in [-0.05, 0) is 36.8 Å². The first-order valence-corrected chi connectivity index (χ1v) is 9.03. The van der Waals surface area contributed by atoms with Crippen LogP contribution in [-0.4, -0.2) is 30.3 Å². The average Bonchev–Trinajstić information content (AvgIpc) is 2.73. The van der Waals surface area contributed by atoms with Crippen molar-refractivity contribution >= 4 is 33.6 Å². The van der Waals surface area contributed by atoms with Crippen molar-refractivity contribution in [3.63, 3.8) is 0 Å². The van der Waals surface area contributed by atoms with E-state index in [0.717, 1.165) is 5.56 Å². The van der Waals surface area contributed by atoms with Crippen LogP contribution in [0, 0.1) is 11.3 Å². The highest BCUT2D eigenvalue weighted by Gasteiger charge is 2.12. The number of nitrogens with one attached hydrogen (secondary N) is 1. The summed E-state index contributed by atoms with van der Waals surface area (Å²) in [6.07, 6.45) is 1.13. The van der Waals surface area contributed by atoms with E-state index in [1.54, 1.807) is 49.4 Å². The molecule has 29 heavy (non-hydrogen) atoms. The van der Waals surface area contributed by atoms with E-state index in [1.165, 1.54) is 14.2 Å². The average molecular weight is 412 g/mol. The molecule has 0 aliphatic heterocycles. The molecule has 8 heteroatoms. The van der Waals surface area contributed by atoms with Crippen LogP contribution in [0.5, 0.6) is 17.2 Å². The summed E-state index contributed by atoms with van der Waals surface area (Å²) in [6, 6.07) is 12.2. The second-order valence-electron chi connectivity index (χ2n) is 6.09. The van der Waals surface area contributed by atoms with Gasteiger partial charge < -0.3 is 19.2 Å². The molecular formula is C21H18ClN3O4. The molecule has 0 radical (unpaired) electrons. The standard InChI is InChI=1S/C21H18ClN3O4/c1-12(11-23)29-14-6-4-13(5-7-14)8-16(22)20-24-17-10-19(28-3)18(27-2)9-15(17)21(26)25-20/h4-10,12H,1-3H3,(H,24,25,26)/b16-8-. The molecule has 3 rings (SSSR count). The Balaban J connectivity index is 1.95. The number of nitriles is 1. The van der Waals surface area contributed by atoms with Gasteiger partial charge in [0.15, 0.2) is 23.4 Å². The minimum Gasteiger partial charge on any atom is -0.493 e. The molecule has 148 valence electrons. The SMILES string of the molecule is COc1cc2nc(/C(Cl)=C/c3ccc(OC(C)C#N)cc3)[nH]c(=O)c2cc1OC. The largest absolute Gasteiger partial charge is 0.493 e. The van der Waals surface area contributed by atoms with Gasteiger partial charge in [-0.15, -0.1) is 0 Å². The summed E-state index contributed by atoms with van der Waals surface area (Å²) in [5, 5.41) is 9.43. The van der Waals surface area contributed by atoms with E-state index in [0.29, 0.717) is 28.2 Å². The highest BCUT2D eigenvalue weighted by Crippen LogP contribution is 2.30. The second-order valence-corrected chi connectivity index (χ2v) is 6.50. The highest BCUT2D eigenvalue weighted by atomic mass is 35.5. The van der Waals surface area contributed by atoms with Crippen LogP contribution in [0.25, 0.3) is 22.0 Å². The first kappa shape index (κ1) is 20.2. The molecule has 1 atom stereocenters. The predicted molar refractivity (Wildman–Crippen MR) is 111 cm³/mol. The van der Waals surface area contributed by atoms with Crippen LogP contribution < -0.4 is 19.8 Å². The zero-order valence-electron chi connectivity index (χ0n) is 16.0. The highest BCUT2D eigenvalue weighted by molar-refractivity contribution is 6.50. The number of aromatic nitrogens is 2. The van der Waals surface area contributed by atoms with Crippen molar-refractivity contribution in [2.45, 2.75) is 13.0 Å². The van der Waals surface area contributed by atoms with Gasteiger partial charge in [-0.1, -0.05) is 23.7 Å². The lowest BCUT2D eigenvalue weighted by atomic mass is 10.2. The quantitative estimate of drug-likeness (QED) is 0.659. The topological polar surface area (TPSA) is 97.2 Å². The third kappa shape index (κ3) is 4.50. The number of rotatable bonds is 6. The summed E-state index contributed by atoms with van der Waals surface area (Å²) in [4.78, 5) is 19.6. The lowest BCUT2D eigenvalue weighted by Gasteiger charge is -2.09. The number of aromatic amines is 1. The fourth-order valence-electron chi connectivity index (χ4n) is 2.67. The van der Waals surface area contributed by atoms with Crippen molar-refractivity contribution in [3.8, 4) is 23.3 Å². The summed E-state index contributed by atoms with van der Waals surface area (Å²) in [5.74, 6) is 1.71. The monoisotopic (exact) mass is 411 g/mol. The third-order valence-corrected chi connectivity index (χ3v) is 4.39. The Bertz CT molecular complexity index is 1160. The van der Waals surface area contributed by atoms with Crippen molar-refractivity contribution in [2.24, 2.45) is 0 Å². The van der Waals surface area contributed by atoms with E-state index >= 15 is 0 Å². The Kier molecular flexibility index (Phi) is 6.05. The molecule has 0 saturated carbocycles. The van der Waals surface area contributed by atoms with Gasteiger partial charge >= 0.3 is 0 Å². The second kappa shape index (κ2) is 8.67. The third-order valence-electron chi connectivity index (χ3n) is 4.11. The molecule has 0 bridgehead atoms. The molecular weight excluding hydrogens is 394 g/mol. The fourth-order valence-corrected chi connectivity index (χ4v) is 2.88. The normalized spacial score (nSPS) is 12.3. The van der Waals surface area contributed by atoms with Gasteiger partial charge in [0.1, 0.15) is 11.8 Å². The van der Waals surface area contributed by atoms with E-state index in [4.69, 9.17) is 31.1 Å². The number of H-pyrrole nitrogens is 1. The number of methoxy groups -OCH3 is 2. The molecule has 1 unspecified atom stereocenters. The molecule has 0 aliphatic carbocycles. The van der Waals surface area contributed by atoms with Crippen molar-refractivity contribution in [3.05, 3.63) is 58.1 Å². The van der Waals surface area contributed by atoms with Gasteiger partial charge in [-0.3, -0.25) is 4.79 Å². The Morgan fingerprint density at radius 1 is 1.21 bits per heavy atom. The van der Waals surface area contributed by atoms with Crippen molar-refractivity contribution in [1.29, 1.82) is 5.26 Å². The van der Waals surface area contributed by atoms with Gasteiger partial charge in [0.25, 0.3) is 5.56 Å². The van der Waals surface area contributed by atoms with E-state index in [9.17, 15) is 4.79 Å². The molecule has 1 aromatic heterocycles. The molecule has 1 heterocycles. The summed E-state index contributed by atoms with van der Waals surface area (Å²) in [6.45, 7) is 1.66. The summed E-state index contributed by atoms with van der Waals surface area (Å²) < 4.78 is 15.9. The number of halogens is 1. The van der Waals surface area contributed by atoms with Crippen LogP contribution in [0.3, 0.4) is 0 Å². The zero-order chi connectivity index (χ0) is 21.0. The molecule has 0 aliphatic rings. The van der Waals surface area contributed by atoms with E-state index < -0.39 is 6.10 Å². The molecule has 3 aromatic rings. The summed E-state index contributed by atoms with van der Waals surface area (Å²) >= 11 is 6.39. The lowest BCUT2D eigenvalue weighted by molar-refractivity contribution is 0.276. The maximum absolute atomic E-state index is 12.5. The van der Waals surface area contributed by atoms with Crippen molar-refractivity contribution in [2.75, 3.05) is 14.2 Å². The van der Waals surface area contributed by atoms with Crippen LogP contribution in [0.4, 0.5) is 0 Å². The molecule has 2 aromatic carbocycles. The van der Waals surface area contributed by atoms with Gasteiger partial charge in [-0.25, -0.2) is 4.98 Å². The predicted octanol–water partition coefficient (Wildman–Crippen LogP) is 3.97. The Morgan fingerprint density at radius 2 is 1.86 bits per heavy atom. The van der Waals surface area contributed by atoms with E-state index in [2.05, 4.69) is 9.97 Å². The molecule has 0 amide bonds. The zero-order valence-corrected chi connectivity index (χ0v) is 16.8. The van der Waals surface area contributed by atoms with Crippen LogP contribution in [0.2, 0.25) is 0 Å². The summed E-state index contributed by atoms with van der Waals surface area (Å²) in [5.41, 5.74) is 0.871. The smallest absolute Gasteiger partial charge is 0.259 e. The van der Waals surface area contributed by atoms with Gasteiger partial charge in [0.05, 0.1) is 30.2 Å². The molecule has 0 spiro atoms. The number of nitrogens with zero attached hydrogens (tertiary/aromatic N) is 2. The first-order valence-electron chi connectivity index (χ1n) is 8.65. The van der Waals surface area contributed by atoms with E-state index in [1.807, 2.05) is 6.07 Å². The number of ether oxygens (including phenoxy) is 3. The van der Waals surface area contributed by atoms with Crippen LogP contribution >= 0.6 is 11.6 Å². The molecule has 1 N–H and O–H groups in total. The number of hydrogen-bond acceptors (Lipinski definition) is 6. The van der Waals surface area contributed by atoms with Crippen molar-refractivity contribution < 1.29 is 14.2 Å². The number of fused-ring (bicyclic) bond motifs is 1. The maximum atomic E-state index is 12.5. The molecule has 0 fully saturated rings. The maximum Gasteiger partial charge on any atom is 0.259 e. The fraction of sp³-hybridized carbons (Fsp3) is 0.190. The number of hydrogen-bond donors (Lipinski definition) is 1. The molecule has 7 nitrogen and oxygen atoms in total. The number of benzene rings is 2. The van der Waals surface area contributed by atoms with Gasteiger partial charge in [0.2, 0.25) is 0 Å². The van der Waals surface area contributed by atoms with Crippen LogP contribution in [0.1, 0.15) is 18.3 Å². The first-order chi connectivity index (χ1) is 13.9. The summed E-state index contributed by atoms with van der Waals surface area (Å²) in [7, 11) is 3.01. The molecule has 0 saturated heterocycles. The lowest BCUT2D eigenvalue weighted by Crippen LogP contribution is -2.11. The van der Waals surface area contributed by atoms with E-state index in [-0.39, 0.29) is 16.4 Å². The Hall–Kier alpha value is -3.50. The Morgan fingerprint density at radius 3 is 2.48 bits per heavy atom. The van der Waals surface area contributed by atoms with Gasteiger partial charge in [0, 0.05) is 6.07 Å². The van der Waals surface area contributed by atoms with Crippen molar-refractivity contribution in [1.82, 2.24) is 9.97 Å². The van der Waals surface area contributed by atoms with Gasteiger partial charge in [-0.2, -0.15) is 5.26 Å². The van der Waals surface area contributed by atoms with Crippen LogP contribution in [0.15, 0.2) is 41.2 Å². The minimum atomic E-state index is -0.539. The Labute approximate surface area is 172 Å².